The van der Waals surface area contributed by atoms with E-state index in [9.17, 15) is 8.42 Å². The molecule has 5 heteroatoms. The highest BCUT2D eigenvalue weighted by Crippen LogP contribution is 2.01. The third-order valence-electron chi connectivity index (χ3n) is 2.15. The van der Waals surface area contributed by atoms with Crippen LogP contribution in [0.4, 0.5) is 0 Å². The lowest BCUT2D eigenvalue weighted by Gasteiger charge is -2.05. The van der Waals surface area contributed by atoms with Gasteiger partial charge in [0, 0.05) is 11.9 Å². The monoisotopic (exact) mass is 299 g/mol. The lowest BCUT2D eigenvalue weighted by molar-refractivity contribution is 0.571. The molecule has 0 aliphatic carbocycles. The second kappa shape index (κ2) is 9.60. The van der Waals surface area contributed by atoms with Gasteiger partial charge in [-0.15, -0.1) is 0 Å². The SMILES string of the molecule is CCCCS(=O)(=O)NCCCCCCBr. The summed E-state index contributed by atoms with van der Waals surface area (Å²) in [6.45, 7) is 2.59. The molecule has 0 aromatic heterocycles. The maximum Gasteiger partial charge on any atom is 0.211 e. The lowest BCUT2D eigenvalue weighted by atomic mass is 10.2. The predicted molar refractivity (Wildman–Crippen MR) is 69.0 cm³/mol. The molecule has 0 aromatic rings. The number of halogens is 1. The fourth-order valence-electron chi connectivity index (χ4n) is 1.21. The van der Waals surface area contributed by atoms with Crippen molar-refractivity contribution >= 4 is 26.0 Å². The molecular formula is C10H22BrNO2S. The quantitative estimate of drug-likeness (QED) is 0.498. The van der Waals surface area contributed by atoms with E-state index >= 15 is 0 Å². The van der Waals surface area contributed by atoms with Crippen molar-refractivity contribution in [2.24, 2.45) is 0 Å². The molecule has 0 spiro atoms. The number of hydrogen-bond donors (Lipinski definition) is 1. The van der Waals surface area contributed by atoms with E-state index in [-0.39, 0.29) is 5.75 Å². The highest BCUT2D eigenvalue weighted by molar-refractivity contribution is 9.09. The Morgan fingerprint density at radius 2 is 1.73 bits per heavy atom. The van der Waals surface area contributed by atoms with Gasteiger partial charge in [0.15, 0.2) is 0 Å². The first kappa shape index (κ1) is 15.4. The summed E-state index contributed by atoms with van der Waals surface area (Å²) in [7, 11) is -3.00. The van der Waals surface area contributed by atoms with E-state index in [1.807, 2.05) is 6.92 Å². The van der Waals surface area contributed by atoms with Gasteiger partial charge in [0.1, 0.15) is 0 Å². The molecule has 0 unspecified atom stereocenters. The number of sulfonamides is 1. The zero-order valence-electron chi connectivity index (χ0n) is 9.47. The minimum absolute atomic E-state index is 0.269. The summed E-state index contributed by atoms with van der Waals surface area (Å²) >= 11 is 3.37. The molecule has 3 nitrogen and oxygen atoms in total. The van der Waals surface area contributed by atoms with Crippen LogP contribution in [0.15, 0.2) is 0 Å². The Hall–Kier alpha value is 0.390. The molecule has 0 saturated carbocycles. The number of alkyl halides is 1. The van der Waals surface area contributed by atoms with Crippen LogP contribution in [0.25, 0.3) is 0 Å². The van der Waals surface area contributed by atoms with Crippen molar-refractivity contribution in [3.63, 3.8) is 0 Å². The Morgan fingerprint density at radius 3 is 2.33 bits per heavy atom. The number of unbranched alkanes of at least 4 members (excludes halogenated alkanes) is 4. The lowest BCUT2D eigenvalue weighted by Crippen LogP contribution is -2.27. The van der Waals surface area contributed by atoms with Crippen molar-refractivity contribution in [3.05, 3.63) is 0 Å². The van der Waals surface area contributed by atoms with E-state index in [0.29, 0.717) is 6.54 Å². The molecule has 0 amide bonds. The summed E-state index contributed by atoms with van der Waals surface area (Å²) in [5.41, 5.74) is 0. The van der Waals surface area contributed by atoms with Crippen LogP contribution in [-0.4, -0.2) is 26.0 Å². The number of nitrogens with one attached hydrogen (secondary N) is 1. The summed E-state index contributed by atoms with van der Waals surface area (Å²) in [5.74, 6) is 0.269. The van der Waals surface area contributed by atoms with Crippen LogP contribution in [0.5, 0.6) is 0 Å². The molecule has 0 heterocycles. The van der Waals surface area contributed by atoms with Gasteiger partial charge in [-0.3, -0.25) is 0 Å². The van der Waals surface area contributed by atoms with E-state index < -0.39 is 10.0 Å². The van der Waals surface area contributed by atoms with Crippen LogP contribution in [0.1, 0.15) is 45.4 Å². The zero-order chi connectivity index (χ0) is 11.6. The molecule has 0 aliphatic heterocycles. The normalized spacial score (nSPS) is 11.9. The Bertz CT molecular complexity index is 230. The van der Waals surface area contributed by atoms with Crippen LogP contribution < -0.4 is 4.72 Å². The van der Waals surface area contributed by atoms with Crippen molar-refractivity contribution in [1.29, 1.82) is 0 Å². The average Bonchev–Trinajstić information content (AvgIpc) is 2.20. The van der Waals surface area contributed by atoms with E-state index in [2.05, 4.69) is 20.7 Å². The van der Waals surface area contributed by atoms with Crippen molar-refractivity contribution in [2.75, 3.05) is 17.6 Å². The Balaban J connectivity index is 3.41. The van der Waals surface area contributed by atoms with E-state index in [1.54, 1.807) is 0 Å². The van der Waals surface area contributed by atoms with Crippen LogP contribution >= 0.6 is 15.9 Å². The van der Waals surface area contributed by atoms with Gasteiger partial charge < -0.3 is 0 Å². The molecule has 0 aromatic carbocycles. The predicted octanol–water partition coefficient (Wildman–Crippen LogP) is 2.66. The number of rotatable bonds is 10. The third kappa shape index (κ3) is 10.7. The van der Waals surface area contributed by atoms with Crippen LogP contribution in [-0.2, 0) is 10.0 Å². The Kier molecular flexibility index (Phi) is 9.85. The molecule has 1 N–H and O–H groups in total. The van der Waals surface area contributed by atoms with Gasteiger partial charge in [0.05, 0.1) is 5.75 Å². The minimum Gasteiger partial charge on any atom is -0.215 e. The van der Waals surface area contributed by atoms with Gasteiger partial charge in [-0.2, -0.15) is 0 Å². The van der Waals surface area contributed by atoms with Crippen molar-refractivity contribution < 1.29 is 8.42 Å². The van der Waals surface area contributed by atoms with Crippen molar-refractivity contribution in [3.8, 4) is 0 Å². The van der Waals surface area contributed by atoms with Gasteiger partial charge in [0.25, 0.3) is 0 Å². The molecule has 92 valence electrons. The maximum absolute atomic E-state index is 11.4. The van der Waals surface area contributed by atoms with Gasteiger partial charge in [-0.05, 0) is 19.3 Å². The smallest absolute Gasteiger partial charge is 0.211 e. The van der Waals surface area contributed by atoms with Crippen molar-refractivity contribution in [1.82, 2.24) is 4.72 Å². The molecular weight excluding hydrogens is 278 g/mol. The Morgan fingerprint density at radius 1 is 1.07 bits per heavy atom. The van der Waals surface area contributed by atoms with Gasteiger partial charge in [0.2, 0.25) is 10.0 Å². The fraction of sp³-hybridized carbons (Fsp3) is 1.00. The molecule has 15 heavy (non-hydrogen) atoms. The molecule has 0 rings (SSSR count). The largest absolute Gasteiger partial charge is 0.215 e. The summed E-state index contributed by atoms with van der Waals surface area (Å²) in [6, 6.07) is 0. The number of hydrogen-bond acceptors (Lipinski definition) is 2. The molecule has 0 radical (unpaired) electrons. The van der Waals surface area contributed by atoms with E-state index in [4.69, 9.17) is 0 Å². The highest BCUT2D eigenvalue weighted by atomic mass is 79.9. The second-order valence-electron chi connectivity index (χ2n) is 3.67. The summed E-state index contributed by atoms with van der Waals surface area (Å²) in [4.78, 5) is 0. The topological polar surface area (TPSA) is 46.2 Å². The fourth-order valence-corrected chi connectivity index (χ4v) is 2.87. The van der Waals surface area contributed by atoms with Gasteiger partial charge in [-0.1, -0.05) is 42.1 Å². The van der Waals surface area contributed by atoms with Gasteiger partial charge >= 0.3 is 0 Å². The molecule has 0 fully saturated rings. The minimum atomic E-state index is -3.00. The standard InChI is InChI=1S/C10H22BrNO2S/c1-2-3-10-15(13,14)12-9-7-5-4-6-8-11/h12H,2-10H2,1H3. The second-order valence-corrected chi connectivity index (χ2v) is 6.39. The van der Waals surface area contributed by atoms with Crippen LogP contribution in [0.2, 0.25) is 0 Å². The maximum atomic E-state index is 11.4. The van der Waals surface area contributed by atoms with Crippen LogP contribution in [0.3, 0.4) is 0 Å². The first-order valence-electron chi connectivity index (χ1n) is 5.65. The van der Waals surface area contributed by atoms with E-state index in [0.717, 1.165) is 31.0 Å². The third-order valence-corrected chi connectivity index (χ3v) is 4.18. The summed E-state index contributed by atoms with van der Waals surface area (Å²) < 4.78 is 25.4. The summed E-state index contributed by atoms with van der Waals surface area (Å²) in [6.07, 6.45) is 6.05. The van der Waals surface area contributed by atoms with Crippen LogP contribution in [0, 0.1) is 0 Å². The highest BCUT2D eigenvalue weighted by Gasteiger charge is 2.07. The first-order chi connectivity index (χ1) is 7.12. The van der Waals surface area contributed by atoms with E-state index in [1.165, 1.54) is 12.8 Å². The molecule has 0 saturated heterocycles. The summed E-state index contributed by atoms with van der Waals surface area (Å²) in [5, 5.41) is 1.04. The molecule has 0 aliphatic rings. The molecule has 0 atom stereocenters. The molecule has 0 bridgehead atoms. The first-order valence-corrected chi connectivity index (χ1v) is 8.43. The van der Waals surface area contributed by atoms with Gasteiger partial charge in [-0.25, -0.2) is 13.1 Å². The van der Waals surface area contributed by atoms with Crippen molar-refractivity contribution in [2.45, 2.75) is 45.4 Å². The Labute approximate surface area is 102 Å². The zero-order valence-corrected chi connectivity index (χ0v) is 11.9. The average molecular weight is 300 g/mol.